The van der Waals surface area contributed by atoms with Gasteiger partial charge in [-0.2, -0.15) is 5.48 Å². The maximum Gasteiger partial charge on any atom is 0.184 e. The van der Waals surface area contributed by atoms with Crippen LogP contribution in [0.25, 0.3) is 0 Å². The molecule has 0 saturated heterocycles. The van der Waals surface area contributed by atoms with Gasteiger partial charge in [-0.25, -0.2) is 0 Å². The SMILES string of the molecule is CC(C)(NO)C(=O)c1ccc(Cl)cc1.Cl. The normalized spacial score (nSPS) is 10.7. The van der Waals surface area contributed by atoms with Gasteiger partial charge >= 0.3 is 0 Å². The summed E-state index contributed by atoms with van der Waals surface area (Å²) >= 11 is 5.69. The first-order valence-electron chi connectivity index (χ1n) is 4.19. The minimum absolute atomic E-state index is 0. The third-order valence-corrected chi connectivity index (χ3v) is 2.21. The molecule has 0 saturated carbocycles. The van der Waals surface area contributed by atoms with E-state index in [1.807, 2.05) is 5.48 Å². The maximum absolute atomic E-state index is 11.7. The molecule has 1 aromatic carbocycles. The summed E-state index contributed by atoms with van der Waals surface area (Å²) < 4.78 is 0. The van der Waals surface area contributed by atoms with Crippen molar-refractivity contribution in [1.82, 2.24) is 5.48 Å². The number of Topliss-reactive ketones (excluding diaryl/α,β-unsaturated/α-hetero) is 1. The Morgan fingerprint density at radius 2 is 1.80 bits per heavy atom. The van der Waals surface area contributed by atoms with Gasteiger partial charge in [0.05, 0.1) is 0 Å². The molecule has 0 aliphatic carbocycles. The van der Waals surface area contributed by atoms with Crippen LogP contribution >= 0.6 is 24.0 Å². The standard InChI is InChI=1S/C10H12ClNO2.ClH/c1-10(2,12-14)9(13)7-3-5-8(11)6-4-7;/h3-6,12,14H,1-2H3;1H. The molecule has 84 valence electrons. The Labute approximate surface area is 99.8 Å². The van der Waals surface area contributed by atoms with E-state index in [9.17, 15) is 4.79 Å². The minimum atomic E-state index is -0.978. The van der Waals surface area contributed by atoms with Crippen molar-refractivity contribution in [2.45, 2.75) is 19.4 Å². The average molecular weight is 250 g/mol. The number of hydrogen-bond acceptors (Lipinski definition) is 3. The van der Waals surface area contributed by atoms with Crippen LogP contribution in [0.5, 0.6) is 0 Å². The van der Waals surface area contributed by atoms with Crippen molar-refractivity contribution in [3.8, 4) is 0 Å². The van der Waals surface area contributed by atoms with Crippen LogP contribution < -0.4 is 5.48 Å². The number of hydroxylamine groups is 1. The fourth-order valence-corrected chi connectivity index (χ4v) is 1.14. The van der Waals surface area contributed by atoms with Crippen molar-refractivity contribution >= 4 is 29.8 Å². The second-order valence-electron chi connectivity index (χ2n) is 3.57. The van der Waals surface area contributed by atoms with Gasteiger partial charge in [0.2, 0.25) is 0 Å². The Kier molecular flexibility index (Phi) is 5.24. The average Bonchev–Trinajstić information content (AvgIpc) is 2.18. The molecule has 0 fully saturated rings. The molecule has 0 unspecified atom stereocenters. The highest BCUT2D eigenvalue weighted by Crippen LogP contribution is 2.15. The molecule has 0 atom stereocenters. The van der Waals surface area contributed by atoms with Crippen LogP contribution in [0.4, 0.5) is 0 Å². The summed E-state index contributed by atoms with van der Waals surface area (Å²) in [7, 11) is 0. The van der Waals surface area contributed by atoms with E-state index in [-0.39, 0.29) is 18.2 Å². The van der Waals surface area contributed by atoms with E-state index in [1.165, 1.54) is 0 Å². The summed E-state index contributed by atoms with van der Waals surface area (Å²) in [6, 6.07) is 6.54. The van der Waals surface area contributed by atoms with Crippen molar-refractivity contribution in [2.24, 2.45) is 0 Å². The molecular weight excluding hydrogens is 237 g/mol. The Bertz CT molecular complexity index is 336. The third-order valence-electron chi connectivity index (χ3n) is 1.95. The van der Waals surface area contributed by atoms with Crippen LogP contribution in [0.3, 0.4) is 0 Å². The van der Waals surface area contributed by atoms with Gasteiger partial charge < -0.3 is 5.21 Å². The lowest BCUT2D eigenvalue weighted by Crippen LogP contribution is -2.44. The molecule has 0 amide bonds. The molecule has 0 bridgehead atoms. The number of ketones is 1. The molecule has 1 rings (SSSR count). The second-order valence-corrected chi connectivity index (χ2v) is 4.01. The molecule has 0 aliphatic heterocycles. The van der Waals surface area contributed by atoms with Crippen molar-refractivity contribution in [1.29, 1.82) is 0 Å². The molecule has 0 aromatic heterocycles. The first kappa shape index (κ1) is 14.4. The predicted octanol–water partition coefficient (Wildman–Crippen LogP) is 2.70. The van der Waals surface area contributed by atoms with Gasteiger partial charge in [-0.3, -0.25) is 4.79 Å². The zero-order chi connectivity index (χ0) is 10.8. The molecule has 0 spiro atoms. The minimum Gasteiger partial charge on any atom is -0.316 e. The molecule has 1 aromatic rings. The largest absolute Gasteiger partial charge is 0.316 e. The smallest absolute Gasteiger partial charge is 0.184 e. The van der Waals surface area contributed by atoms with Gasteiger partial charge in [0.1, 0.15) is 5.54 Å². The summed E-state index contributed by atoms with van der Waals surface area (Å²) in [6.07, 6.45) is 0. The lowest BCUT2D eigenvalue weighted by atomic mass is 9.94. The number of nitrogens with one attached hydrogen (secondary N) is 1. The first-order chi connectivity index (χ1) is 6.47. The van der Waals surface area contributed by atoms with E-state index in [0.717, 1.165) is 0 Å². The Balaban J connectivity index is 0.00000196. The van der Waals surface area contributed by atoms with E-state index in [4.69, 9.17) is 16.8 Å². The second kappa shape index (κ2) is 5.47. The van der Waals surface area contributed by atoms with Gasteiger partial charge in [0.25, 0.3) is 0 Å². The monoisotopic (exact) mass is 249 g/mol. The predicted molar refractivity (Wildman–Crippen MR) is 62.0 cm³/mol. The van der Waals surface area contributed by atoms with Gasteiger partial charge in [-0.15, -0.1) is 12.4 Å². The molecule has 0 radical (unpaired) electrons. The van der Waals surface area contributed by atoms with Crippen molar-refractivity contribution in [2.75, 3.05) is 0 Å². The van der Waals surface area contributed by atoms with Crippen molar-refractivity contribution in [3.63, 3.8) is 0 Å². The van der Waals surface area contributed by atoms with Crippen LogP contribution in [0, 0.1) is 0 Å². The number of rotatable bonds is 3. The lowest BCUT2D eigenvalue weighted by Gasteiger charge is -2.20. The third kappa shape index (κ3) is 3.47. The molecule has 0 aliphatic rings. The lowest BCUT2D eigenvalue weighted by molar-refractivity contribution is 0.0569. The van der Waals surface area contributed by atoms with Gasteiger partial charge in [-0.1, -0.05) is 11.6 Å². The summed E-state index contributed by atoms with van der Waals surface area (Å²) in [5.41, 5.74) is 1.51. The number of carbonyl (C=O) groups excluding carboxylic acids is 1. The van der Waals surface area contributed by atoms with Crippen molar-refractivity contribution < 1.29 is 10.0 Å². The fraction of sp³-hybridized carbons (Fsp3) is 0.300. The first-order valence-corrected chi connectivity index (χ1v) is 4.57. The molecule has 5 heteroatoms. The molecular formula is C10H13Cl2NO2. The highest BCUT2D eigenvalue weighted by atomic mass is 35.5. The summed E-state index contributed by atoms with van der Waals surface area (Å²) in [5, 5.41) is 9.36. The van der Waals surface area contributed by atoms with E-state index in [0.29, 0.717) is 10.6 Å². The molecule has 2 N–H and O–H groups in total. The number of hydrogen-bond donors (Lipinski definition) is 2. The van der Waals surface area contributed by atoms with Crippen molar-refractivity contribution in [3.05, 3.63) is 34.9 Å². The molecule has 3 nitrogen and oxygen atoms in total. The number of halogens is 2. The summed E-state index contributed by atoms with van der Waals surface area (Å²) in [4.78, 5) is 11.7. The van der Waals surface area contributed by atoms with Crippen LogP contribution in [0.15, 0.2) is 24.3 Å². The van der Waals surface area contributed by atoms with E-state index in [1.54, 1.807) is 38.1 Å². The molecule has 0 heterocycles. The zero-order valence-electron chi connectivity index (χ0n) is 8.45. The fourth-order valence-electron chi connectivity index (χ4n) is 1.01. The van der Waals surface area contributed by atoms with E-state index in [2.05, 4.69) is 0 Å². The Morgan fingerprint density at radius 1 is 1.33 bits per heavy atom. The van der Waals surface area contributed by atoms with Gasteiger partial charge in [0, 0.05) is 10.6 Å². The van der Waals surface area contributed by atoms with Crippen LogP contribution in [-0.4, -0.2) is 16.5 Å². The Hall–Kier alpha value is -0.610. The highest BCUT2D eigenvalue weighted by molar-refractivity contribution is 6.30. The number of carbonyl (C=O) groups is 1. The zero-order valence-corrected chi connectivity index (χ0v) is 10.0. The Morgan fingerprint density at radius 3 is 2.20 bits per heavy atom. The van der Waals surface area contributed by atoms with Crippen LogP contribution in [0.2, 0.25) is 5.02 Å². The van der Waals surface area contributed by atoms with Crippen LogP contribution in [0.1, 0.15) is 24.2 Å². The van der Waals surface area contributed by atoms with Crippen LogP contribution in [-0.2, 0) is 0 Å². The topological polar surface area (TPSA) is 49.3 Å². The van der Waals surface area contributed by atoms with E-state index >= 15 is 0 Å². The molecule has 15 heavy (non-hydrogen) atoms. The van der Waals surface area contributed by atoms with E-state index < -0.39 is 5.54 Å². The number of benzene rings is 1. The van der Waals surface area contributed by atoms with Gasteiger partial charge in [0.15, 0.2) is 5.78 Å². The highest BCUT2D eigenvalue weighted by Gasteiger charge is 2.27. The summed E-state index contributed by atoms with van der Waals surface area (Å²) in [5.74, 6) is -0.184. The quantitative estimate of drug-likeness (QED) is 0.640. The maximum atomic E-state index is 11.7. The summed E-state index contributed by atoms with van der Waals surface area (Å²) in [6.45, 7) is 3.20. The van der Waals surface area contributed by atoms with Gasteiger partial charge in [-0.05, 0) is 38.1 Å².